The van der Waals surface area contributed by atoms with E-state index in [1.54, 1.807) is 25.1 Å². The van der Waals surface area contributed by atoms with Gasteiger partial charge < -0.3 is 14.4 Å². The van der Waals surface area contributed by atoms with E-state index in [1.165, 1.54) is 18.2 Å². The van der Waals surface area contributed by atoms with Crippen LogP contribution < -0.4 is 9.62 Å². The van der Waals surface area contributed by atoms with Gasteiger partial charge in [-0.1, -0.05) is 6.07 Å². The molecule has 0 spiro atoms. The molecule has 0 saturated heterocycles. The van der Waals surface area contributed by atoms with Gasteiger partial charge in [0.05, 0.1) is 6.61 Å². The quantitative estimate of drug-likeness (QED) is 0.638. The van der Waals surface area contributed by atoms with E-state index >= 15 is 0 Å². The molecule has 0 unspecified atom stereocenters. The number of hydrogen-bond donors (Lipinski definition) is 0. The molecule has 1 aliphatic heterocycles. The molecule has 0 aliphatic carbocycles. The first-order chi connectivity index (χ1) is 10.7. The molecule has 114 valence electrons. The summed E-state index contributed by atoms with van der Waals surface area (Å²) in [5, 5.41) is 0. The molecule has 2 aromatic carbocycles. The Bertz CT molecular complexity index is 714. The third-order valence-corrected chi connectivity index (χ3v) is 3.08. The average molecular weight is 304 g/mol. The fourth-order valence-electron chi connectivity index (χ4n) is 2.07. The number of halogens is 1. The number of rotatable bonds is 4. The number of benzene rings is 2. The number of carbonyl (C=O) groups is 1. The smallest absolute Gasteiger partial charge is 0.344 e. The minimum Gasteiger partial charge on any atom is -0.462 e. The van der Waals surface area contributed by atoms with E-state index in [0.717, 1.165) is 5.56 Å². The van der Waals surface area contributed by atoms with Gasteiger partial charge >= 0.3 is 5.97 Å². The Labute approximate surface area is 126 Å². The van der Waals surface area contributed by atoms with Crippen molar-refractivity contribution in [2.45, 2.75) is 13.5 Å². The van der Waals surface area contributed by atoms with Crippen molar-refractivity contribution in [3.8, 4) is 17.2 Å². The molecule has 0 radical (unpaired) electrons. The summed E-state index contributed by atoms with van der Waals surface area (Å²) in [7, 11) is 0. The zero-order valence-electron chi connectivity index (χ0n) is 11.8. The van der Waals surface area contributed by atoms with Crippen molar-refractivity contribution in [2.24, 2.45) is 0 Å². The van der Waals surface area contributed by atoms with E-state index in [4.69, 9.17) is 19.2 Å². The summed E-state index contributed by atoms with van der Waals surface area (Å²) in [5.41, 5.74) is 0.652. The molecule has 0 atom stereocenters. The van der Waals surface area contributed by atoms with Crippen LogP contribution in [-0.2, 0) is 16.2 Å². The van der Waals surface area contributed by atoms with E-state index in [1.807, 2.05) is 0 Å². The molecule has 2 aromatic rings. The third kappa shape index (κ3) is 2.73. The van der Waals surface area contributed by atoms with E-state index < -0.39 is 11.8 Å². The van der Waals surface area contributed by atoms with Crippen molar-refractivity contribution in [2.75, 3.05) is 6.61 Å². The van der Waals surface area contributed by atoms with Gasteiger partial charge in [0, 0.05) is 11.6 Å². The second-order valence-corrected chi connectivity index (χ2v) is 4.55. The fourth-order valence-corrected chi connectivity index (χ4v) is 2.07. The van der Waals surface area contributed by atoms with Crippen LogP contribution >= 0.6 is 0 Å². The molecule has 22 heavy (non-hydrogen) atoms. The van der Waals surface area contributed by atoms with E-state index in [-0.39, 0.29) is 17.9 Å². The Balaban J connectivity index is 1.92. The van der Waals surface area contributed by atoms with Crippen LogP contribution in [0.25, 0.3) is 0 Å². The maximum Gasteiger partial charge on any atom is 0.344 e. The van der Waals surface area contributed by atoms with Crippen molar-refractivity contribution >= 4 is 5.97 Å². The maximum absolute atomic E-state index is 13.9. The van der Waals surface area contributed by atoms with E-state index in [9.17, 15) is 9.18 Å². The summed E-state index contributed by atoms with van der Waals surface area (Å²) in [6.07, 6.45) is 0. The lowest BCUT2D eigenvalue weighted by Crippen LogP contribution is -2.09. The third-order valence-electron chi connectivity index (χ3n) is 3.08. The summed E-state index contributed by atoms with van der Waals surface area (Å²) in [5.74, 6) is -0.447. The zero-order valence-corrected chi connectivity index (χ0v) is 11.8. The van der Waals surface area contributed by atoms with E-state index in [0.29, 0.717) is 18.1 Å². The van der Waals surface area contributed by atoms with Crippen LogP contribution in [0.15, 0.2) is 36.4 Å². The Morgan fingerprint density at radius 2 is 2.18 bits per heavy atom. The van der Waals surface area contributed by atoms with Crippen LogP contribution in [-0.4, -0.2) is 12.6 Å². The highest BCUT2D eigenvalue weighted by Gasteiger charge is 2.21. The van der Waals surface area contributed by atoms with Gasteiger partial charge in [0.15, 0.2) is 5.75 Å². The fraction of sp³-hybridized carbons (Fsp3) is 0.188. The summed E-state index contributed by atoms with van der Waals surface area (Å²) in [6, 6.07) is 9.22. The van der Waals surface area contributed by atoms with Crippen LogP contribution in [0.2, 0.25) is 0 Å². The summed E-state index contributed by atoms with van der Waals surface area (Å²) in [6.45, 7) is 2.16. The van der Waals surface area contributed by atoms with Gasteiger partial charge in [0.25, 0.3) is 0 Å². The topological polar surface area (TPSA) is 54.0 Å². The number of ether oxygens (including phenoxy) is 2. The molecular formula is C16H13FO5. The number of carbonyl (C=O) groups excluding carboxylic acids is 1. The standard InChI is InChI=1S/C16H13FO5/c1-2-19-16(18)15-12(17)4-3-5-13(15)21-11-7-6-10-9-20-22-14(10)8-11/h3-8H,2,9H2,1H3. The summed E-state index contributed by atoms with van der Waals surface area (Å²) in [4.78, 5) is 21.7. The van der Waals surface area contributed by atoms with Crippen LogP contribution in [0.4, 0.5) is 4.39 Å². The normalized spacial score (nSPS) is 12.5. The van der Waals surface area contributed by atoms with Crippen LogP contribution in [0.5, 0.6) is 17.2 Å². The first kappa shape index (κ1) is 14.3. The van der Waals surface area contributed by atoms with Gasteiger partial charge in [-0.15, -0.1) is 0 Å². The van der Waals surface area contributed by atoms with Gasteiger partial charge in [-0.3, -0.25) is 0 Å². The number of esters is 1. The van der Waals surface area contributed by atoms with Crippen LogP contribution in [0, 0.1) is 5.82 Å². The highest BCUT2D eigenvalue weighted by Crippen LogP contribution is 2.34. The predicted molar refractivity (Wildman–Crippen MR) is 74.3 cm³/mol. The minimum atomic E-state index is -0.767. The average Bonchev–Trinajstić information content (AvgIpc) is 2.95. The molecular weight excluding hydrogens is 291 g/mol. The molecule has 0 saturated carbocycles. The van der Waals surface area contributed by atoms with Crippen molar-refractivity contribution in [3.63, 3.8) is 0 Å². The first-order valence-corrected chi connectivity index (χ1v) is 6.75. The van der Waals surface area contributed by atoms with Gasteiger partial charge in [0.2, 0.25) is 0 Å². The van der Waals surface area contributed by atoms with Gasteiger partial charge in [-0.2, -0.15) is 4.89 Å². The minimum absolute atomic E-state index is 0.0808. The lowest BCUT2D eigenvalue weighted by atomic mass is 10.2. The van der Waals surface area contributed by atoms with Gasteiger partial charge in [-0.05, 0) is 31.2 Å². The van der Waals surface area contributed by atoms with Crippen molar-refractivity contribution in [1.29, 1.82) is 0 Å². The lowest BCUT2D eigenvalue weighted by molar-refractivity contribution is -0.194. The SMILES string of the molecule is CCOC(=O)c1c(F)cccc1Oc1ccc2c(c1)OOC2. The van der Waals surface area contributed by atoms with Gasteiger partial charge in [0.1, 0.15) is 29.5 Å². The highest BCUT2D eigenvalue weighted by molar-refractivity contribution is 5.93. The summed E-state index contributed by atoms with van der Waals surface area (Å²) >= 11 is 0. The molecule has 0 aromatic heterocycles. The van der Waals surface area contributed by atoms with Crippen molar-refractivity contribution in [3.05, 3.63) is 53.3 Å². The molecule has 5 nitrogen and oxygen atoms in total. The number of fused-ring (bicyclic) bond motifs is 1. The monoisotopic (exact) mass is 304 g/mol. The highest BCUT2D eigenvalue weighted by atomic mass is 19.1. The largest absolute Gasteiger partial charge is 0.462 e. The molecule has 0 bridgehead atoms. The Hall–Kier alpha value is -2.60. The Kier molecular flexibility index (Phi) is 3.93. The molecule has 0 N–H and O–H groups in total. The first-order valence-electron chi connectivity index (χ1n) is 6.75. The van der Waals surface area contributed by atoms with E-state index in [2.05, 4.69) is 0 Å². The van der Waals surface area contributed by atoms with Crippen molar-refractivity contribution in [1.82, 2.24) is 0 Å². The lowest BCUT2D eigenvalue weighted by Gasteiger charge is -2.11. The molecule has 0 fully saturated rings. The second-order valence-electron chi connectivity index (χ2n) is 4.55. The molecule has 1 aliphatic rings. The molecule has 0 amide bonds. The maximum atomic E-state index is 13.9. The van der Waals surface area contributed by atoms with Crippen molar-refractivity contribution < 1.29 is 28.4 Å². The molecule has 6 heteroatoms. The molecule has 1 heterocycles. The van der Waals surface area contributed by atoms with Crippen LogP contribution in [0.3, 0.4) is 0 Å². The molecule has 3 rings (SSSR count). The predicted octanol–water partition coefficient (Wildman–Crippen LogP) is 3.62. The number of hydrogen-bond acceptors (Lipinski definition) is 5. The van der Waals surface area contributed by atoms with Crippen LogP contribution in [0.1, 0.15) is 22.8 Å². The second kappa shape index (κ2) is 6.03. The Morgan fingerprint density at radius 1 is 1.32 bits per heavy atom. The summed E-state index contributed by atoms with van der Waals surface area (Å²) < 4.78 is 24.4. The Morgan fingerprint density at radius 3 is 3.00 bits per heavy atom. The zero-order chi connectivity index (χ0) is 15.5. The van der Waals surface area contributed by atoms with Gasteiger partial charge in [-0.25, -0.2) is 9.18 Å².